The molecule has 2 aliphatic rings. The number of ether oxygens (including phenoxy) is 2. The number of halogens is 1. The van der Waals surface area contributed by atoms with Crippen LogP contribution >= 0.6 is 15.9 Å². The molecule has 0 amide bonds. The summed E-state index contributed by atoms with van der Waals surface area (Å²) in [6.07, 6.45) is 0. The summed E-state index contributed by atoms with van der Waals surface area (Å²) in [5.41, 5.74) is 1.09. The van der Waals surface area contributed by atoms with Gasteiger partial charge in [-0.3, -0.25) is 9.69 Å². The Kier molecular flexibility index (Phi) is 2.91. The van der Waals surface area contributed by atoms with Gasteiger partial charge in [-0.1, -0.05) is 15.9 Å². The van der Waals surface area contributed by atoms with Crippen LogP contribution in [0.5, 0.6) is 11.5 Å². The summed E-state index contributed by atoms with van der Waals surface area (Å²) in [6.45, 7) is 2.20. The molecule has 1 N–H and O–H groups in total. The van der Waals surface area contributed by atoms with Crippen LogP contribution in [0.4, 0.5) is 0 Å². The summed E-state index contributed by atoms with van der Waals surface area (Å²) in [7, 11) is 0. The van der Waals surface area contributed by atoms with Crippen molar-refractivity contribution in [2.24, 2.45) is 5.92 Å². The number of carboxylic acid groups (broad SMARTS) is 1. The Morgan fingerprint density at radius 2 is 2.06 bits per heavy atom. The van der Waals surface area contributed by atoms with Gasteiger partial charge in [-0.05, 0) is 17.7 Å². The maximum atomic E-state index is 10.7. The van der Waals surface area contributed by atoms with Gasteiger partial charge < -0.3 is 14.6 Å². The van der Waals surface area contributed by atoms with Crippen LogP contribution in [0.25, 0.3) is 0 Å². The maximum absolute atomic E-state index is 10.7. The van der Waals surface area contributed by atoms with Crippen LogP contribution in [-0.4, -0.2) is 35.9 Å². The van der Waals surface area contributed by atoms with E-state index < -0.39 is 5.97 Å². The van der Waals surface area contributed by atoms with E-state index in [1.807, 2.05) is 12.1 Å². The van der Waals surface area contributed by atoms with E-state index in [9.17, 15) is 4.79 Å². The SMILES string of the molecule is O=C(O)C1CN(Cc2cc3c(cc2Br)OCO3)C1. The molecule has 3 rings (SSSR count). The van der Waals surface area contributed by atoms with Crippen molar-refractivity contribution in [3.8, 4) is 11.5 Å². The highest BCUT2D eigenvalue weighted by Gasteiger charge is 2.32. The van der Waals surface area contributed by atoms with Crippen molar-refractivity contribution in [3.05, 3.63) is 22.2 Å². The standard InChI is InChI=1S/C12H12BrNO4/c13-9-2-11-10(17-6-18-11)1-7(9)3-14-4-8(5-14)12(15)16/h1-2,8H,3-6H2,(H,15,16). The average Bonchev–Trinajstić information content (AvgIpc) is 2.68. The van der Waals surface area contributed by atoms with Gasteiger partial charge in [0.15, 0.2) is 11.5 Å². The third-order valence-corrected chi connectivity index (χ3v) is 3.98. The molecule has 2 heterocycles. The number of hydrogen-bond acceptors (Lipinski definition) is 4. The predicted octanol–water partition coefficient (Wildman–Crippen LogP) is 1.69. The van der Waals surface area contributed by atoms with Gasteiger partial charge in [-0.15, -0.1) is 0 Å². The highest BCUT2D eigenvalue weighted by molar-refractivity contribution is 9.10. The van der Waals surface area contributed by atoms with Gasteiger partial charge in [-0.2, -0.15) is 0 Å². The van der Waals surface area contributed by atoms with Gasteiger partial charge in [0.05, 0.1) is 5.92 Å². The van der Waals surface area contributed by atoms with Crippen molar-refractivity contribution < 1.29 is 19.4 Å². The fourth-order valence-corrected chi connectivity index (χ4v) is 2.62. The fourth-order valence-electron chi connectivity index (χ4n) is 2.18. The first-order valence-electron chi connectivity index (χ1n) is 5.66. The molecule has 0 unspecified atom stereocenters. The molecule has 1 fully saturated rings. The van der Waals surface area contributed by atoms with E-state index >= 15 is 0 Å². The molecule has 0 radical (unpaired) electrons. The van der Waals surface area contributed by atoms with Gasteiger partial charge in [0, 0.05) is 24.1 Å². The van der Waals surface area contributed by atoms with E-state index in [1.54, 1.807) is 0 Å². The minimum absolute atomic E-state index is 0.224. The molecule has 0 saturated carbocycles. The highest BCUT2D eigenvalue weighted by Crippen LogP contribution is 2.37. The van der Waals surface area contributed by atoms with Crippen LogP contribution in [0.3, 0.4) is 0 Å². The molecule has 0 aliphatic carbocycles. The Balaban J connectivity index is 1.69. The number of likely N-dealkylation sites (tertiary alicyclic amines) is 1. The number of carbonyl (C=O) groups is 1. The maximum Gasteiger partial charge on any atom is 0.309 e. The van der Waals surface area contributed by atoms with Gasteiger partial charge in [0.2, 0.25) is 6.79 Å². The largest absolute Gasteiger partial charge is 0.481 e. The molecule has 96 valence electrons. The molecule has 6 heteroatoms. The van der Waals surface area contributed by atoms with Gasteiger partial charge in [-0.25, -0.2) is 0 Å². The van der Waals surface area contributed by atoms with Crippen LogP contribution in [0, 0.1) is 5.92 Å². The topological polar surface area (TPSA) is 59.0 Å². The molecular weight excluding hydrogens is 302 g/mol. The number of carboxylic acids is 1. The molecular formula is C12H12BrNO4. The number of hydrogen-bond donors (Lipinski definition) is 1. The van der Waals surface area contributed by atoms with Crippen LogP contribution in [0.1, 0.15) is 5.56 Å². The Hall–Kier alpha value is -1.27. The number of fused-ring (bicyclic) bond motifs is 1. The average molecular weight is 314 g/mol. The summed E-state index contributed by atoms with van der Waals surface area (Å²) < 4.78 is 11.6. The molecule has 2 aliphatic heterocycles. The van der Waals surface area contributed by atoms with E-state index in [2.05, 4.69) is 20.8 Å². The molecule has 0 spiro atoms. The van der Waals surface area contributed by atoms with Gasteiger partial charge >= 0.3 is 5.97 Å². The van der Waals surface area contributed by atoms with Crippen LogP contribution < -0.4 is 9.47 Å². The molecule has 1 aromatic carbocycles. The minimum Gasteiger partial charge on any atom is -0.481 e. The van der Waals surface area contributed by atoms with Crippen molar-refractivity contribution >= 4 is 21.9 Å². The smallest absolute Gasteiger partial charge is 0.309 e. The number of aliphatic carboxylic acids is 1. The first-order chi connectivity index (χ1) is 8.63. The minimum atomic E-state index is -0.712. The van der Waals surface area contributed by atoms with Crippen LogP contribution in [0.2, 0.25) is 0 Å². The Morgan fingerprint density at radius 3 is 2.72 bits per heavy atom. The first-order valence-corrected chi connectivity index (χ1v) is 6.46. The Bertz CT molecular complexity index is 499. The van der Waals surface area contributed by atoms with Crippen LogP contribution in [0.15, 0.2) is 16.6 Å². The zero-order valence-corrected chi connectivity index (χ0v) is 11.1. The molecule has 18 heavy (non-hydrogen) atoms. The number of benzene rings is 1. The molecule has 0 bridgehead atoms. The predicted molar refractivity (Wildman–Crippen MR) is 66.7 cm³/mol. The summed E-state index contributed by atoms with van der Waals surface area (Å²) in [5.74, 6) is 0.565. The highest BCUT2D eigenvalue weighted by atomic mass is 79.9. The fraction of sp³-hybridized carbons (Fsp3) is 0.417. The third-order valence-electron chi connectivity index (χ3n) is 3.24. The summed E-state index contributed by atoms with van der Waals surface area (Å²) in [6, 6.07) is 3.84. The summed E-state index contributed by atoms with van der Waals surface area (Å²) in [4.78, 5) is 12.8. The van der Waals surface area contributed by atoms with E-state index in [4.69, 9.17) is 14.6 Å². The van der Waals surface area contributed by atoms with E-state index in [0.717, 1.165) is 28.1 Å². The quantitative estimate of drug-likeness (QED) is 0.920. The molecule has 0 aromatic heterocycles. The second kappa shape index (κ2) is 4.44. The van der Waals surface area contributed by atoms with Gasteiger partial charge in [0.1, 0.15) is 0 Å². The van der Waals surface area contributed by atoms with Crippen molar-refractivity contribution in [2.75, 3.05) is 19.9 Å². The third kappa shape index (κ3) is 2.06. The number of nitrogens with zero attached hydrogens (tertiary/aromatic N) is 1. The van der Waals surface area contributed by atoms with Crippen molar-refractivity contribution in [1.82, 2.24) is 4.90 Å². The normalized spacial score (nSPS) is 18.7. The Morgan fingerprint density at radius 1 is 1.39 bits per heavy atom. The molecule has 0 atom stereocenters. The van der Waals surface area contributed by atoms with Gasteiger partial charge in [0.25, 0.3) is 0 Å². The van der Waals surface area contributed by atoms with E-state index in [-0.39, 0.29) is 12.7 Å². The molecule has 1 saturated heterocycles. The molecule has 5 nitrogen and oxygen atoms in total. The van der Waals surface area contributed by atoms with Crippen LogP contribution in [-0.2, 0) is 11.3 Å². The lowest BCUT2D eigenvalue weighted by molar-refractivity contribution is -0.147. The lowest BCUT2D eigenvalue weighted by atomic mass is 9.99. The monoisotopic (exact) mass is 313 g/mol. The zero-order chi connectivity index (χ0) is 12.7. The molecule has 1 aromatic rings. The van der Waals surface area contributed by atoms with E-state index in [1.165, 1.54) is 0 Å². The zero-order valence-electron chi connectivity index (χ0n) is 9.56. The van der Waals surface area contributed by atoms with Crippen molar-refractivity contribution in [3.63, 3.8) is 0 Å². The second-order valence-corrected chi connectivity index (χ2v) is 5.38. The second-order valence-electron chi connectivity index (χ2n) is 4.53. The summed E-state index contributed by atoms with van der Waals surface area (Å²) >= 11 is 3.50. The lowest BCUT2D eigenvalue weighted by Gasteiger charge is -2.36. The summed E-state index contributed by atoms with van der Waals surface area (Å²) in [5, 5.41) is 8.83. The lowest BCUT2D eigenvalue weighted by Crippen LogP contribution is -2.49. The number of rotatable bonds is 3. The first kappa shape index (κ1) is 11.8. The van der Waals surface area contributed by atoms with E-state index in [0.29, 0.717) is 13.1 Å². The Labute approximate surface area is 112 Å². The van der Waals surface area contributed by atoms with Crippen molar-refractivity contribution in [1.29, 1.82) is 0 Å². The van der Waals surface area contributed by atoms with Crippen molar-refractivity contribution in [2.45, 2.75) is 6.54 Å².